The van der Waals surface area contributed by atoms with Gasteiger partial charge in [0.25, 0.3) is 5.91 Å². The Morgan fingerprint density at radius 1 is 1.15 bits per heavy atom. The van der Waals surface area contributed by atoms with Crippen LogP contribution in [-0.2, 0) is 12.8 Å². The zero-order chi connectivity index (χ0) is 27.9. The summed E-state index contributed by atoms with van der Waals surface area (Å²) in [7, 11) is 1.76. The molecular formula is C31H36ClN5O2. The number of halogens is 1. The van der Waals surface area contributed by atoms with Gasteiger partial charge in [-0.1, -0.05) is 60.1 Å². The lowest BCUT2D eigenvalue weighted by molar-refractivity contribution is 0.0752. The van der Waals surface area contributed by atoms with Crippen LogP contribution in [0.2, 0.25) is 5.15 Å². The van der Waals surface area contributed by atoms with Gasteiger partial charge < -0.3 is 26.5 Å². The van der Waals surface area contributed by atoms with Crippen LogP contribution >= 0.6 is 11.6 Å². The normalized spacial score (nSPS) is 18.9. The third kappa shape index (κ3) is 7.53. The van der Waals surface area contributed by atoms with Crippen molar-refractivity contribution in [3.8, 4) is 0 Å². The number of carbonyl (C=O) groups excluding carboxylic acids is 1. The first-order valence-electron chi connectivity index (χ1n) is 13.2. The highest BCUT2D eigenvalue weighted by Crippen LogP contribution is 2.27. The Balaban J connectivity index is 1.39. The average molecular weight is 546 g/mol. The van der Waals surface area contributed by atoms with E-state index >= 15 is 0 Å². The van der Waals surface area contributed by atoms with Gasteiger partial charge in [0.15, 0.2) is 0 Å². The van der Waals surface area contributed by atoms with E-state index in [2.05, 4.69) is 10.3 Å². The van der Waals surface area contributed by atoms with Gasteiger partial charge >= 0.3 is 0 Å². The maximum atomic E-state index is 13.4. The third-order valence-electron chi connectivity index (χ3n) is 7.26. The fourth-order valence-corrected chi connectivity index (χ4v) is 5.24. The van der Waals surface area contributed by atoms with Crippen molar-refractivity contribution in [3.05, 3.63) is 112 Å². The van der Waals surface area contributed by atoms with Crippen molar-refractivity contribution in [2.24, 2.45) is 5.73 Å². The molecule has 2 heterocycles. The monoisotopic (exact) mass is 545 g/mol. The van der Waals surface area contributed by atoms with E-state index < -0.39 is 6.10 Å². The molecule has 2 aromatic carbocycles. The van der Waals surface area contributed by atoms with E-state index in [1.807, 2.05) is 60.7 Å². The summed E-state index contributed by atoms with van der Waals surface area (Å²) in [6.45, 7) is 1.67. The third-order valence-corrected chi connectivity index (χ3v) is 7.48. The van der Waals surface area contributed by atoms with E-state index in [4.69, 9.17) is 22.7 Å². The molecular weight excluding hydrogens is 510 g/mol. The molecule has 204 valence electrons. The topological polar surface area (TPSA) is 115 Å². The van der Waals surface area contributed by atoms with Gasteiger partial charge in [0, 0.05) is 47.9 Å². The van der Waals surface area contributed by atoms with Crippen LogP contribution in [0, 0.1) is 5.41 Å². The number of aliphatic hydroxyl groups is 1. The number of likely N-dealkylation sites (N-methyl/N-ethyl adjacent to an activating group) is 1. The van der Waals surface area contributed by atoms with Crippen LogP contribution in [-0.4, -0.2) is 51.8 Å². The first-order chi connectivity index (χ1) is 18.7. The predicted octanol–water partition coefficient (Wildman–Crippen LogP) is 4.70. The van der Waals surface area contributed by atoms with E-state index in [0.717, 1.165) is 36.0 Å². The number of nitrogens with two attached hydrogens (primary N) is 1. The number of amides is 1. The molecule has 0 spiro atoms. The minimum Gasteiger partial charge on any atom is -0.400 e. The van der Waals surface area contributed by atoms with Crippen molar-refractivity contribution in [1.29, 1.82) is 5.41 Å². The number of aromatic nitrogens is 1. The first-order valence-corrected chi connectivity index (χ1v) is 13.6. The fraction of sp³-hybridized carbons (Fsp3) is 0.323. The molecule has 0 bridgehead atoms. The maximum absolute atomic E-state index is 13.4. The SMILES string of the molecule is CC(=N)/C=C(\N)C(Cc1ccccc1)N(C)C(=O)c1ccc(C[C@@H]2CC[C@H]([C@H](O)c3ccc(Cl)nc3)N2)cc1. The molecule has 7 nitrogen and oxygen atoms in total. The van der Waals surface area contributed by atoms with E-state index in [9.17, 15) is 9.90 Å². The molecule has 39 heavy (non-hydrogen) atoms. The largest absolute Gasteiger partial charge is 0.400 e. The summed E-state index contributed by atoms with van der Waals surface area (Å²) in [6.07, 6.45) is 5.77. The van der Waals surface area contributed by atoms with Crippen LogP contribution in [0.25, 0.3) is 0 Å². The summed E-state index contributed by atoms with van der Waals surface area (Å²) in [5.74, 6) is -0.125. The van der Waals surface area contributed by atoms with Gasteiger partial charge in [-0.25, -0.2) is 4.98 Å². The van der Waals surface area contributed by atoms with E-state index in [1.165, 1.54) is 0 Å². The van der Waals surface area contributed by atoms with Gasteiger partial charge in [0.2, 0.25) is 0 Å². The lowest BCUT2D eigenvalue weighted by Crippen LogP contribution is -2.42. The molecule has 1 aromatic heterocycles. The molecule has 4 atom stereocenters. The van der Waals surface area contributed by atoms with Crippen molar-refractivity contribution in [2.75, 3.05) is 7.05 Å². The Kier molecular flexibility index (Phi) is 9.51. The van der Waals surface area contributed by atoms with Gasteiger partial charge in [0.05, 0.1) is 12.1 Å². The van der Waals surface area contributed by atoms with E-state index in [1.54, 1.807) is 37.2 Å². The number of rotatable bonds is 10. The number of hydrogen-bond acceptors (Lipinski definition) is 6. The van der Waals surface area contributed by atoms with Crippen molar-refractivity contribution in [1.82, 2.24) is 15.2 Å². The Bertz CT molecular complexity index is 1290. The number of allylic oxidation sites excluding steroid dienone is 1. The van der Waals surface area contributed by atoms with Crippen molar-refractivity contribution in [3.63, 3.8) is 0 Å². The number of hydrogen-bond donors (Lipinski definition) is 4. The minimum atomic E-state index is -0.642. The second kappa shape index (κ2) is 13.0. The molecule has 1 fully saturated rings. The van der Waals surface area contributed by atoms with Crippen LogP contribution in [0.3, 0.4) is 0 Å². The molecule has 8 heteroatoms. The van der Waals surface area contributed by atoms with Crippen molar-refractivity contribution >= 4 is 23.2 Å². The predicted molar refractivity (Wildman–Crippen MR) is 156 cm³/mol. The molecule has 0 radical (unpaired) electrons. The van der Waals surface area contributed by atoms with Crippen LogP contribution in [0.5, 0.6) is 0 Å². The quantitative estimate of drug-likeness (QED) is 0.218. The second-order valence-corrected chi connectivity index (χ2v) is 10.6. The van der Waals surface area contributed by atoms with E-state index in [-0.39, 0.29) is 24.0 Å². The molecule has 1 saturated heterocycles. The van der Waals surface area contributed by atoms with Gasteiger partial charge in [-0.15, -0.1) is 0 Å². The molecule has 1 unspecified atom stereocenters. The summed E-state index contributed by atoms with van der Waals surface area (Å²) in [6, 6.07) is 20.9. The van der Waals surface area contributed by atoms with Crippen LogP contribution in [0.15, 0.2) is 84.7 Å². The zero-order valence-corrected chi connectivity index (χ0v) is 23.1. The lowest BCUT2D eigenvalue weighted by Gasteiger charge is -2.29. The lowest BCUT2D eigenvalue weighted by atomic mass is 9.99. The molecule has 0 aliphatic carbocycles. The standard InChI is InChI=1S/C31H36ClN5O2/c1-20(33)16-26(34)28(18-21-6-4-3-5-7-21)37(2)31(39)23-10-8-22(9-11-23)17-25-13-14-27(36-25)30(38)24-12-15-29(32)35-19-24/h3-12,15-16,19,25,27-28,30,33,36,38H,13-14,17-18,34H2,1-2H3/b26-16-,33-20?/t25-,27+,28?,30+/m0/s1. The fourth-order valence-electron chi connectivity index (χ4n) is 5.13. The van der Waals surface area contributed by atoms with Gasteiger partial charge in [-0.05, 0) is 68.0 Å². The number of nitrogens with one attached hydrogen (secondary N) is 2. The Hall–Kier alpha value is -3.52. The number of nitrogens with zero attached hydrogens (tertiary/aromatic N) is 2. The van der Waals surface area contributed by atoms with E-state index in [0.29, 0.717) is 28.5 Å². The summed E-state index contributed by atoms with van der Waals surface area (Å²) in [5, 5.41) is 22.5. The van der Waals surface area contributed by atoms with Crippen LogP contribution in [0.1, 0.15) is 52.9 Å². The number of carbonyl (C=O) groups is 1. The molecule has 1 aliphatic rings. The maximum Gasteiger partial charge on any atom is 0.254 e. The summed E-state index contributed by atoms with van der Waals surface area (Å²) in [4.78, 5) is 19.2. The molecule has 1 amide bonds. The zero-order valence-electron chi connectivity index (χ0n) is 22.3. The Morgan fingerprint density at radius 2 is 1.87 bits per heavy atom. The number of pyridine rings is 1. The van der Waals surface area contributed by atoms with Crippen LogP contribution < -0.4 is 11.1 Å². The molecule has 3 aromatic rings. The van der Waals surface area contributed by atoms with Crippen molar-refractivity contribution in [2.45, 2.75) is 56.8 Å². The smallest absolute Gasteiger partial charge is 0.254 e. The number of aliphatic hydroxyl groups excluding tert-OH is 1. The molecule has 1 aliphatic heterocycles. The highest BCUT2D eigenvalue weighted by molar-refractivity contribution is 6.29. The highest BCUT2D eigenvalue weighted by Gasteiger charge is 2.30. The van der Waals surface area contributed by atoms with Gasteiger partial charge in [-0.3, -0.25) is 4.79 Å². The van der Waals surface area contributed by atoms with Crippen LogP contribution in [0.4, 0.5) is 0 Å². The Morgan fingerprint density at radius 3 is 2.51 bits per heavy atom. The summed E-state index contributed by atoms with van der Waals surface area (Å²) < 4.78 is 0. The highest BCUT2D eigenvalue weighted by atomic mass is 35.5. The molecule has 0 saturated carbocycles. The van der Waals surface area contributed by atoms with Gasteiger partial charge in [-0.2, -0.15) is 0 Å². The second-order valence-electron chi connectivity index (χ2n) is 10.3. The summed E-state index contributed by atoms with van der Waals surface area (Å²) in [5.41, 5.74) is 10.7. The Labute approximate surface area is 235 Å². The number of benzene rings is 2. The first kappa shape index (κ1) is 28.5. The molecule has 4 rings (SSSR count). The van der Waals surface area contributed by atoms with Crippen molar-refractivity contribution < 1.29 is 9.90 Å². The molecule has 5 N–H and O–H groups in total. The van der Waals surface area contributed by atoms with Gasteiger partial charge in [0.1, 0.15) is 5.15 Å². The minimum absolute atomic E-state index is 0.0443. The average Bonchev–Trinajstić information content (AvgIpc) is 3.40. The summed E-state index contributed by atoms with van der Waals surface area (Å²) >= 11 is 5.87.